The molecule has 0 radical (unpaired) electrons. The highest BCUT2D eigenvalue weighted by molar-refractivity contribution is 7.89. The zero-order valence-corrected chi connectivity index (χ0v) is 12.8. The molecular formula is C14H19NO5S. The predicted octanol–water partition coefficient (Wildman–Crippen LogP) is 0.682. The minimum Gasteiger partial charge on any atom is -0.465 e. The quantitative estimate of drug-likeness (QED) is 0.827. The van der Waals surface area contributed by atoms with Crippen molar-refractivity contribution in [1.82, 2.24) is 4.31 Å². The number of carbonyl (C=O) groups is 1. The van der Waals surface area contributed by atoms with Crippen LogP contribution in [-0.4, -0.2) is 49.1 Å². The lowest BCUT2D eigenvalue weighted by atomic mass is 10.2. The fourth-order valence-electron chi connectivity index (χ4n) is 2.37. The number of rotatable bonds is 4. The lowest BCUT2D eigenvalue weighted by Gasteiger charge is -2.24. The van der Waals surface area contributed by atoms with Crippen LogP contribution in [-0.2, 0) is 19.6 Å². The standard InChI is InChI=1S/C14H19NO5S/c1-3-20-14(17)13-12(16)8-9-15(13)21(18,19)11-6-4-10(2)5-7-11/h4-7,12-13,16H,3,8-9H2,1-2H3. The van der Waals surface area contributed by atoms with Gasteiger partial charge in [-0.2, -0.15) is 4.31 Å². The van der Waals surface area contributed by atoms with Crippen LogP contribution in [0.15, 0.2) is 29.2 Å². The second-order valence-electron chi connectivity index (χ2n) is 4.98. The van der Waals surface area contributed by atoms with Gasteiger partial charge in [0.25, 0.3) is 0 Å². The Morgan fingerprint density at radius 3 is 2.57 bits per heavy atom. The fourth-order valence-corrected chi connectivity index (χ4v) is 3.99. The fraction of sp³-hybridized carbons (Fsp3) is 0.500. The summed E-state index contributed by atoms with van der Waals surface area (Å²) in [6.07, 6.45) is -0.821. The number of aliphatic hydroxyl groups excluding tert-OH is 1. The normalized spacial score (nSPS) is 23.2. The molecule has 1 aromatic carbocycles. The Hall–Kier alpha value is -1.44. The Balaban J connectivity index is 2.34. The summed E-state index contributed by atoms with van der Waals surface area (Å²) < 4.78 is 31.1. The Labute approximate surface area is 124 Å². The monoisotopic (exact) mass is 313 g/mol. The van der Waals surface area contributed by atoms with E-state index in [1.165, 1.54) is 12.1 Å². The van der Waals surface area contributed by atoms with Crippen LogP contribution in [0.1, 0.15) is 18.9 Å². The summed E-state index contributed by atoms with van der Waals surface area (Å²) in [6, 6.07) is 5.21. The average Bonchev–Trinajstić information content (AvgIpc) is 2.82. The summed E-state index contributed by atoms with van der Waals surface area (Å²) in [5.74, 6) is -0.710. The number of ether oxygens (including phenoxy) is 1. The van der Waals surface area contributed by atoms with Gasteiger partial charge >= 0.3 is 5.97 Å². The molecular weight excluding hydrogens is 294 g/mol. The van der Waals surface area contributed by atoms with Gasteiger partial charge in [-0.05, 0) is 32.4 Å². The van der Waals surface area contributed by atoms with E-state index in [2.05, 4.69) is 0 Å². The van der Waals surface area contributed by atoms with Crippen LogP contribution >= 0.6 is 0 Å². The lowest BCUT2D eigenvalue weighted by Crippen LogP contribution is -2.45. The van der Waals surface area contributed by atoms with Gasteiger partial charge in [-0.25, -0.2) is 8.42 Å². The van der Waals surface area contributed by atoms with E-state index >= 15 is 0 Å². The van der Waals surface area contributed by atoms with Crippen LogP contribution in [0.3, 0.4) is 0 Å². The highest BCUT2D eigenvalue weighted by Gasteiger charge is 2.45. The maximum Gasteiger partial charge on any atom is 0.327 e. The summed E-state index contributed by atoms with van der Waals surface area (Å²) in [5, 5.41) is 9.90. The molecule has 2 rings (SSSR count). The molecule has 1 fully saturated rings. The number of nitrogens with zero attached hydrogens (tertiary/aromatic N) is 1. The van der Waals surface area contributed by atoms with E-state index in [4.69, 9.17) is 4.74 Å². The molecule has 2 unspecified atom stereocenters. The van der Waals surface area contributed by atoms with Gasteiger partial charge in [0.1, 0.15) is 6.04 Å². The molecule has 0 amide bonds. The number of hydrogen-bond donors (Lipinski definition) is 1. The van der Waals surface area contributed by atoms with Gasteiger partial charge in [-0.1, -0.05) is 17.7 Å². The van der Waals surface area contributed by atoms with Crippen molar-refractivity contribution < 1.29 is 23.1 Å². The molecule has 1 heterocycles. The Morgan fingerprint density at radius 2 is 2.00 bits per heavy atom. The number of aryl methyl sites for hydroxylation is 1. The zero-order valence-electron chi connectivity index (χ0n) is 12.0. The van der Waals surface area contributed by atoms with Crippen LogP contribution in [0.4, 0.5) is 0 Å². The molecule has 21 heavy (non-hydrogen) atoms. The van der Waals surface area contributed by atoms with E-state index < -0.39 is 28.1 Å². The van der Waals surface area contributed by atoms with E-state index in [1.54, 1.807) is 19.1 Å². The van der Waals surface area contributed by atoms with Crippen molar-refractivity contribution in [2.24, 2.45) is 0 Å². The van der Waals surface area contributed by atoms with Crippen LogP contribution < -0.4 is 0 Å². The number of hydrogen-bond acceptors (Lipinski definition) is 5. The molecule has 6 nitrogen and oxygen atoms in total. The van der Waals surface area contributed by atoms with Crippen LogP contribution in [0.5, 0.6) is 0 Å². The summed E-state index contributed by atoms with van der Waals surface area (Å²) in [5.41, 5.74) is 0.942. The third-order valence-corrected chi connectivity index (χ3v) is 5.37. The summed E-state index contributed by atoms with van der Waals surface area (Å²) in [6.45, 7) is 3.73. The van der Waals surface area contributed by atoms with Gasteiger partial charge < -0.3 is 9.84 Å². The Morgan fingerprint density at radius 1 is 1.38 bits per heavy atom. The molecule has 0 bridgehead atoms. The maximum absolute atomic E-state index is 12.6. The molecule has 2 atom stereocenters. The molecule has 1 saturated heterocycles. The largest absolute Gasteiger partial charge is 0.465 e. The number of sulfonamides is 1. The van der Waals surface area contributed by atoms with Gasteiger partial charge in [0.05, 0.1) is 17.6 Å². The zero-order chi connectivity index (χ0) is 15.6. The summed E-state index contributed by atoms with van der Waals surface area (Å²) in [7, 11) is -3.83. The molecule has 116 valence electrons. The molecule has 0 aromatic heterocycles. The second kappa shape index (κ2) is 6.13. The Bertz CT molecular complexity index is 611. The third-order valence-electron chi connectivity index (χ3n) is 3.48. The van der Waals surface area contributed by atoms with Crippen molar-refractivity contribution >= 4 is 16.0 Å². The van der Waals surface area contributed by atoms with Crippen LogP contribution in [0, 0.1) is 6.92 Å². The first-order chi connectivity index (χ1) is 9.87. The molecule has 1 aromatic rings. The van der Waals surface area contributed by atoms with Crippen molar-refractivity contribution in [2.75, 3.05) is 13.2 Å². The predicted molar refractivity (Wildman–Crippen MR) is 76.1 cm³/mol. The SMILES string of the molecule is CCOC(=O)C1C(O)CCN1S(=O)(=O)c1ccc(C)cc1. The first kappa shape index (κ1) is 15.9. The molecule has 1 aliphatic rings. The van der Waals surface area contributed by atoms with Crippen LogP contribution in [0.25, 0.3) is 0 Å². The smallest absolute Gasteiger partial charge is 0.327 e. The van der Waals surface area contributed by atoms with Gasteiger partial charge in [-0.3, -0.25) is 4.79 Å². The van der Waals surface area contributed by atoms with Crippen LogP contribution in [0.2, 0.25) is 0 Å². The van der Waals surface area contributed by atoms with Crippen molar-refractivity contribution in [3.8, 4) is 0 Å². The first-order valence-corrected chi connectivity index (χ1v) is 8.25. The molecule has 0 spiro atoms. The van der Waals surface area contributed by atoms with Crippen molar-refractivity contribution in [1.29, 1.82) is 0 Å². The molecule has 0 aliphatic carbocycles. The van der Waals surface area contributed by atoms with Crippen molar-refractivity contribution in [2.45, 2.75) is 37.3 Å². The maximum atomic E-state index is 12.6. The highest BCUT2D eigenvalue weighted by atomic mass is 32.2. The second-order valence-corrected chi connectivity index (χ2v) is 6.87. The number of benzene rings is 1. The first-order valence-electron chi connectivity index (χ1n) is 6.81. The third kappa shape index (κ3) is 3.09. The van der Waals surface area contributed by atoms with Crippen molar-refractivity contribution in [3.05, 3.63) is 29.8 Å². The van der Waals surface area contributed by atoms with E-state index in [0.29, 0.717) is 0 Å². The topological polar surface area (TPSA) is 83.9 Å². The van der Waals surface area contributed by atoms with Gasteiger partial charge in [0.2, 0.25) is 10.0 Å². The molecule has 1 aliphatic heterocycles. The molecule has 0 saturated carbocycles. The summed E-state index contributed by atoms with van der Waals surface area (Å²) in [4.78, 5) is 12.0. The van der Waals surface area contributed by atoms with Gasteiger partial charge in [0.15, 0.2) is 0 Å². The van der Waals surface area contributed by atoms with E-state index in [0.717, 1.165) is 9.87 Å². The highest BCUT2D eigenvalue weighted by Crippen LogP contribution is 2.27. The van der Waals surface area contributed by atoms with E-state index in [-0.39, 0.29) is 24.5 Å². The minimum atomic E-state index is -3.83. The van der Waals surface area contributed by atoms with Crippen molar-refractivity contribution in [3.63, 3.8) is 0 Å². The molecule has 7 heteroatoms. The lowest BCUT2D eigenvalue weighted by molar-refractivity contribution is -0.149. The number of aliphatic hydroxyl groups is 1. The summed E-state index contributed by atoms with van der Waals surface area (Å²) >= 11 is 0. The average molecular weight is 313 g/mol. The van der Waals surface area contributed by atoms with E-state index in [1.807, 2.05) is 6.92 Å². The Kier molecular flexibility index (Phi) is 4.65. The number of esters is 1. The van der Waals surface area contributed by atoms with Gasteiger partial charge in [-0.15, -0.1) is 0 Å². The minimum absolute atomic E-state index is 0.0981. The molecule has 1 N–H and O–H groups in total. The van der Waals surface area contributed by atoms with Gasteiger partial charge in [0, 0.05) is 6.54 Å². The number of carbonyl (C=O) groups excluding carboxylic acids is 1. The van der Waals surface area contributed by atoms with E-state index in [9.17, 15) is 18.3 Å².